The molecule has 0 unspecified atom stereocenters. The Morgan fingerprint density at radius 3 is 2.50 bits per heavy atom. The predicted molar refractivity (Wildman–Crippen MR) is 108 cm³/mol. The van der Waals surface area contributed by atoms with Crippen LogP contribution in [0.25, 0.3) is 11.3 Å². The number of hydrogen-bond acceptors (Lipinski definition) is 5. The molecule has 0 aliphatic rings. The lowest BCUT2D eigenvalue weighted by Crippen LogP contribution is -2.06. The van der Waals surface area contributed by atoms with Gasteiger partial charge in [0.25, 0.3) is 0 Å². The highest BCUT2D eigenvalue weighted by Gasteiger charge is 2.31. The van der Waals surface area contributed by atoms with Gasteiger partial charge in [0.15, 0.2) is 0 Å². The van der Waals surface area contributed by atoms with E-state index in [4.69, 9.17) is 4.74 Å². The maximum atomic E-state index is 13.3. The van der Waals surface area contributed by atoms with Gasteiger partial charge in [0.1, 0.15) is 5.75 Å². The first kappa shape index (κ1) is 21.6. The van der Waals surface area contributed by atoms with Crippen LogP contribution < -0.4 is 9.46 Å². The smallest absolute Gasteiger partial charge is 0.416 e. The topological polar surface area (TPSA) is 76.4 Å². The Morgan fingerprint density at radius 2 is 1.93 bits per heavy atom. The van der Waals surface area contributed by atoms with Crippen LogP contribution in [0.5, 0.6) is 5.75 Å². The van der Waals surface area contributed by atoms with Crippen LogP contribution >= 0.6 is 11.9 Å². The van der Waals surface area contributed by atoms with Crippen molar-refractivity contribution in [2.75, 3.05) is 11.8 Å². The molecule has 1 heterocycles. The molecule has 1 aromatic heterocycles. The van der Waals surface area contributed by atoms with Crippen LogP contribution in [0.15, 0.2) is 47.4 Å². The van der Waals surface area contributed by atoms with Gasteiger partial charge < -0.3 is 14.6 Å². The van der Waals surface area contributed by atoms with Gasteiger partial charge in [-0.3, -0.25) is 4.68 Å². The van der Waals surface area contributed by atoms with Crippen molar-refractivity contribution in [3.8, 4) is 17.0 Å². The SMILES string of the molecule is COc1ccc(C(=O)O)cc1SNc1cc(C(F)(F)F)ccc1-c1cc(C)nn1C. The molecule has 6 nitrogen and oxygen atoms in total. The standard InChI is InChI=1S/C20H18F3N3O3S/c1-11-8-16(26(2)24-11)14-6-5-13(20(21,22)23)10-15(14)25-30-18-9-12(19(27)28)4-7-17(18)29-3/h4-10,25H,1-3H3,(H,27,28). The zero-order valence-corrected chi connectivity index (χ0v) is 17.1. The van der Waals surface area contributed by atoms with Gasteiger partial charge in [-0.05, 0) is 55.3 Å². The van der Waals surface area contributed by atoms with Crippen molar-refractivity contribution in [1.82, 2.24) is 9.78 Å². The highest BCUT2D eigenvalue weighted by Crippen LogP contribution is 2.39. The number of rotatable bonds is 6. The van der Waals surface area contributed by atoms with Crippen molar-refractivity contribution in [3.63, 3.8) is 0 Å². The first-order valence-electron chi connectivity index (χ1n) is 8.66. The minimum atomic E-state index is -4.51. The molecule has 30 heavy (non-hydrogen) atoms. The summed E-state index contributed by atoms with van der Waals surface area (Å²) in [6.45, 7) is 1.79. The number of anilines is 1. The van der Waals surface area contributed by atoms with E-state index < -0.39 is 17.7 Å². The molecule has 2 N–H and O–H groups in total. The van der Waals surface area contributed by atoms with E-state index in [2.05, 4.69) is 9.82 Å². The Hall–Kier alpha value is -3.14. The predicted octanol–water partition coefficient (Wildman–Crippen LogP) is 5.24. The van der Waals surface area contributed by atoms with Gasteiger partial charge in [0.05, 0.1) is 40.2 Å². The largest absolute Gasteiger partial charge is 0.496 e. The average Bonchev–Trinajstić information content (AvgIpc) is 3.02. The normalized spacial score (nSPS) is 11.4. The first-order valence-corrected chi connectivity index (χ1v) is 9.48. The number of carbonyl (C=O) groups is 1. The fraction of sp³-hybridized carbons (Fsp3) is 0.200. The van der Waals surface area contributed by atoms with Crippen LogP contribution in [0.4, 0.5) is 18.9 Å². The minimum absolute atomic E-state index is 0.0339. The Labute approximate surface area is 174 Å². The van der Waals surface area contributed by atoms with Gasteiger partial charge in [-0.2, -0.15) is 18.3 Å². The quantitative estimate of drug-likeness (QED) is 0.514. The van der Waals surface area contributed by atoms with Crippen LogP contribution in [0, 0.1) is 6.92 Å². The number of aromatic nitrogens is 2. The van der Waals surface area contributed by atoms with Crippen LogP contribution in [0.2, 0.25) is 0 Å². The summed E-state index contributed by atoms with van der Waals surface area (Å²) in [5.74, 6) is -0.730. The summed E-state index contributed by atoms with van der Waals surface area (Å²) in [6, 6.07) is 9.44. The first-order chi connectivity index (χ1) is 14.1. The number of carboxylic acid groups (broad SMARTS) is 1. The maximum Gasteiger partial charge on any atom is 0.416 e. The number of hydrogen-bond donors (Lipinski definition) is 2. The molecule has 3 aromatic rings. The molecule has 0 aliphatic heterocycles. The highest BCUT2D eigenvalue weighted by molar-refractivity contribution is 8.00. The number of carboxylic acids is 1. The molecule has 0 atom stereocenters. The lowest BCUT2D eigenvalue weighted by molar-refractivity contribution is -0.137. The summed E-state index contributed by atoms with van der Waals surface area (Å²) in [7, 11) is 3.13. The van der Waals surface area contributed by atoms with Crippen LogP contribution in [0.1, 0.15) is 21.6 Å². The van der Waals surface area contributed by atoms with Crippen molar-refractivity contribution in [2.45, 2.75) is 18.0 Å². The third-order valence-corrected chi connectivity index (χ3v) is 5.17. The van der Waals surface area contributed by atoms with Gasteiger partial charge in [0.2, 0.25) is 0 Å². The van der Waals surface area contributed by atoms with E-state index in [1.54, 1.807) is 24.7 Å². The van der Waals surface area contributed by atoms with E-state index in [0.717, 1.165) is 29.8 Å². The number of halogens is 3. The summed E-state index contributed by atoms with van der Waals surface area (Å²) < 4.78 is 49.6. The van der Waals surface area contributed by atoms with Crippen LogP contribution in [0.3, 0.4) is 0 Å². The monoisotopic (exact) mass is 437 g/mol. The number of aryl methyl sites for hydroxylation is 2. The molecule has 158 valence electrons. The Morgan fingerprint density at radius 1 is 1.20 bits per heavy atom. The van der Waals surface area contributed by atoms with Gasteiger partial charge in [-0.25, -0.2) is 4.79 Å². The summed E-state index contributed by atoms with van der Waals surface area (Å²) in [5.41, 5.74) is 1.32. The van der Waals surface area contributed by atoms with E-state index in [1.165, 1.54) is 31.4 Å². The molecule has 10 heteroatoms. The van der Waals surface area contributed by atoms with Gasteiger partial charge in [-0.1, -0.05) is 6.07 Å². The van der Waals surface area contributed by atoms with E-state index >= 15 is 0 Å². The molecule has 0 bridgehead atoms. The van der Waals surface area contributed by atoms with Crippen molar-refractivity contribution in [3.05, 3.63) is 59.3 Å². The van der Waals surface area contributed by atoms with Crippen molar-refractivity contribution < 1.29 is 27.8 Å². The van der Waals surface area contributed by atoms with E-state index in [0.29, 0.717) is 21.9 Å². The van der Waals surface area contributed by atoms with Crippen LogP contribution in [-0.2, 0) is 13.2 Å². The van der Waals surface area contributed by atoms with Crippen LogP contribution in [-0.4, -0.2) is 28.0 Å². The number of methoxy groups -OCH3 is 1. The van der Waals surface area contributed by atoms with Crippen molar-refractivity contribution in [1.29, 1.82) is 0 Å². The minimum Gasteiger partial charge on any atom is -0.496 e. The molecule has 0 saturated heterocycles. The molecule has 0 fully saturated rings. The number of alkyl halides is 3. The summed E-state index contributed by atoms with van der Waals surface area (Å²) >= 11 is 0.962. The summed E-state index contributed by atoms with van der Waals surface area (Å²) in [5, 5.41) is 13.5. The fourth-order valence-corrected chi connectivity index (χ4v) is 3.72. The molecule has 0 radical (unpaired) electrons. The lowest BCUT2D eigenvalue weighted by atomic mass is 10.1. The molecule has 0 spiro atoms. The fourth-order valence-electron chi connectivity index (χ4n) is 2.89. The second-order valence-corrected chi connectivity index (χ2v) is 7.28. The second-order valence-electron chi connectivity index (χ2n) is 6.43. The lowest BCUT2D eigenvalue weighted by Gasteiger charge is -2.16. The summed E-state index contributed by atoms with van der Waals surface area (Å²) in [6.07, 6.45) is -4.51. The Bertz CT molecular complexity index is 1100. The Kier molecular flexibility index (Phi) is 5.97. The number of aromatic carboxylic acids is 1. The molecule has 2 aromatic carbocycles. The number of nitrogens with zero attached hydrogens (tertiary/aromatic N) is 2. The molecular formula is C20H18F3N3O3S. The molecule has 0 amide bonds. The van der Waals surface area contributed by atoms with Crippen molar-refractivity contribution >= 4 is 23.6 Å². The average molecular weight is 437 g/mol. The molecule has 3 rings (SSSR count). The zero-order valence-electron chi connectivity index (χ0n) is 16.2. The Balaban J connectivity index is 2.03. The highest BCUT2D eigenvalue weighted by atomic mass is 32.2. The third kappa shape index (κ3) is 4.54. The zero-order chi connectivity index (χ0) is 22.1. The maximum absolute atomic E-state index is 13.3. The second kappa shape index (κ2) is 8.31. The summed E-state index contributed by atoms with van der Waals surface area (Å²) in [4.78, 5) is 11.7. The van der Waals surface area contributed by atoms with Gasteiger partial charge in [-0.15, -0.1) is 0 Å². The number of benzene rings is 2. The molecular weight excluding hydrogens is 419 g/mol. The molecule has 0 saturated carbocycles. The number of nitrogens with one attached hydrogen (secondary N) is 1. The third-order valence-electron chi connectivity index (χ3n) is 4.31. The molecule has 0 aliphatic carbocycles. The van der Waals surface area contributed by atoms with Gasteiger partial charge >= 0.3 is 12.1 Å². The van der Waals surface area contributed by atoms with E-state index in [9.17, 15) is 23.1 Å². The van der Waals surface area contributed by atoms with E-state index in [1.807, 2.05) is 0 Å². The van der Waals surface area contributed by atoms with E-state index in [-0.39, 0.29) is 11.3 Å². The van der Waals surface area contributed by atoms with Crippen molar-refractivity contribution in [2.24, 2.45) is 7.05 Å². The van der Waals surface area contributed by atoms with Gasteiger partial charge in [0, 0.05) is 12.6 Å². The number of ether oxygens (including phenoxy) is 1.